The Bertz CT molecular complexity index is 896. The Balaban J connectivity index is 1.46. The summed E-state index contributed by atoms with van der Waals surface area (Å²) in [4.78, 5) is 3.43. The molecule has 2 aromatic heterocycles. The van der Waals surface area contributed by atoms with Gasteiger partial charge in [0.2, 0.25) is 0 Å². The first-order valence-electron chi connectivity index (χ1n) is 9.57. The molecule has 1 saturated heterocycles. The van der Waals surface area contributed by atoms with E-state index in [2.05, 4.69) is 62.9 Å². The van der Waals surface area contributed by atoms with E-state index in [1.165, 1.54) is 34.9 Å². The minimum absolute atomic E-state index is 0.149. The molecular weight excluding hydrogens is 324 g/mol. The third-order valence-corrected chi connectivity index (χ3v) is 6.04. The smallest absolute Gasteiger partial charge is 0.0631 e. The second kappa shape index (κ2) is 6.54. The number of aromatic nitrogens is 3. The highest BCUT2D eigenvalue weighted by atomic mass is 15.4. The van der Waals surface area contributed by atoms with Gasteiger partial charge in [-0.3, -0.25) is 15.5 Å². The number of rotatable bonds is 4. The van der Waals surface area contributed by atoms with Crippen molar-refractivity contribution in [2.45, 2.75) is 37.4 Å². The van der Waals surface area contributed by atoms with Gasteiger partial charge in [-0.1, -0.05) is 18.2 Å². The second-order valence-corrected chi connectivity index (χ2v) is 7.74. The minimum Gasteiger partial charge on any atom is -0.361 e. The van der Waals surface area contributed by atoms with Crippen LogP contribution in [0.1, 0.15) is 36.4 Å². The molecule has 6 heteroatoms. The maximum atomic E-state index is 4.42. The van der Waals surface area contributed by atoms with Crippen LogP contribution in [0.25, 0.3) is 10.9 Å². The zero-order valence-electron chi connectivity index (χ0n) is 15.1. The average molecular weight is 350 g/mol. The van der Waals surface area contributed by atoms with Crippen molar-refractivity contribution in [3.63, 3.8) is 0 Å². The van der Waals surface area contributed by atoms with Gasteiger partial charge in [0.05, 0.1) is 12.2 Å². The summed E-state index contributed by atoms with van der Waals surface area (Å²) in [5, 5.41) is 9.65. The maximum Gasteiger partial charge on any atom is 0.0631 e. The molecule has 6 nitrogen and oxygen atoms in total. The molecule has 3 aromatic rings. The van der Waals surface area contributed by atoms with E-state index in [1.54, 1.807) is 0 Å². The second-order valence-electron chi connectivity index (χ2n) is 7.74. The topological polar surface area (TPSA) is 69.7 Å². The zero-order chi connectivity index (χ0) is 17.5. The molecule has 3 heterocycles. The number of hydrogen-bond donors (Lipinski definition) is 4. The van der Waals surface area contributed by atoms with Crippen LogP contribution in [0.15, 0.2) is 42.9 Å². The van der Waals surface area contributed by atoms with Gasteiger partial charge in [0.25, 0.3) is 0 Å². The number of hydrogen-bond acceptors (Lipinski definition) is 4. The van der Waals surface area contributed by atoms with Crippen LogP contribution in [-0.2, 0) is 7.05 Å². The fourth-order valence-corrected chi connectivity index (χ4v) is 4.65. The van der Waals surface area contributed by atoms with Crippen LogP contribution in [0.3, 0.4) is 0 Å². The average Bonchev–Trinajstić information content (AvgIpc) is 3.38. The van der Waals surface area contributed by atoms with Gasteiger partial charge in [-0.15, -0.1) is 0 Å². The number of H-pyrrole nitrogens is 1. The number of nitrogens with zero attached hydrogens (tertiary/aromatic N) is 2. The monoisotopic (exact) mass is 350 g/mol. The molecule has 4 N–H and O–H groups in total. The molecule has 1 aliphatic carbocycles. The Morgan fingerprint density at radius 1 is 1.27 bits per heavy atom. The molecule has 0 bridgehead atoms. The number of fused-ring (bicyclic) bond motifs is 2. The highest BCUT2D eigenvalue weighted by Gasteiger charge is 2.35. The molecular formula is C20H26N6. The Morgan fingerprint density at radius 2 is 2.19 bits per heavy atom. The van der Waals surface area contributed by atoms with Crippen molar-refractivity contribution in [2.24, 2.45) is 13.0 Å². The Hall–Kier alpha value is -2.15. The lowest BCUT2D eigenvalue weighted by Crippen LogP contribution is -2.44. The van der Waals surface area contributed by atoms with Gasteiger partial charge in [-0.05, 0) is 36.8 Å². The normalized spacial score (nSPS) is 26.9. The molecule has 1 aromatic carbocycles. The Kier molecular flexibility index (Phi) is 4.04. The molecule has 0 amide bonds. The first-order chi connectivity index (χ1) is 12.8. The molecule has 2 fully saturated rings. The summed E-state index contributed by atoms with van der Waals surface area (Å²) >= 11 is 0. The molecule has 0 spiro atoms. The van der Waals surface area contributed by atoms with Gasteiger partial charge in [0, 0.05) is 54.5 Å². The molecule has 5 rings (SSSR count). The van der Waals surface area contributed by atoms with E-state index in [9.17, 15) is 0 Å². The molecule has 0 radical (unpaired) electrons. The number of aryl methyl sites for hydroxylation is 1. The van der Waals surface area contributed by atoms with Crippen LogP contribution >= 0.6 is 0 Å². The van der Waals surface area contributed by atoms with Crippen LogP contribution in [-0.4, -0.2) is 33.4 Å². The van der Waals surface area contributed by atoms with Gasteiger partial charge in [0.1, 0.15) is 0 Å². The molecule has 136 valence electrons. The quantitative estimate of drug-likeness (QED) is 0.582. The number of benzene rings is 1. The summed E-state index contributed by atoms with van der Waals surface area (Å²) in [6.45, 7) is 1.10. The fourth-order valence-electron chi connectivity index (χ4n) is 4.65. The lowest BCUT2D eigenvalue weighted by atomic mass is 9.82. The number of aromatic amines is 1. The summed E-state index contributed by atoms with van der Waals surface area (Å²) in [6, 6.07) is 9.76. The van der Waals surface area contributed by atoms with Crippen molar-refractivity contribution in [3.8, 4) is 0 Å². The highest BCUT2D eigenvalue weighted by Crippen LogP contribution is 2.33. The Morgan fingerprint density at radius 3 is 3.08 bits per heavy atom. The van der Waals surface area contributed by atoms with Crippen molar-refractivity contribution >= 4 is 10.9 Å². The van der Waals surface area contributed by atoms with E-state index in [1.807, 2.05) is 17.9 Å². The molecule has 2 aliphatic rings. The number of hydrazine groups is 1. The van der Waals surface area contributed by atoms with Gasteiger partial charge in [-0.25, -0.2) is 0 Å². The predicted molar refractivity (Wildman–Crippen MR) is 103 cm³/mol. The largest absolute Gasteiger partial charge is 0.361 e. The van der Waals surface area contributed by atoms with E-state index in [0.717, 1.165) is 18.9 Å². The molecule has 26 heavy (non-hydrogen) atoms. The van der Waals surface area contributed by atoms with Gasteiger partial charge >= 0.3 is 0 Å². The summed E-state index contributed by atoms with van der Waals surface area (Å²) in [7, 11) is 1.98. The molecule has 4 atom stereocenters. The van der Waals surface area contributed by atoms with Crippen molar-refractivity contribution in [1.82, 2.24) is 30.9 Å². The molecule has 1 saturated carbocycles. The summed E-state index contributed by atoms with van der Waals surface area (Å²) < 4.78 is 1.89. The van der Waals surface area contributed by atoms with Gasteiger partial charge in [-0.2, -0.15) is 5.10 Å². The van der Waals surface area contributed by atoms with E-state index < -0.39 is 0 Å². The first-order valence-corrected chi connectivity index (χ1v) is 9.57. The first kappa shape index (κ1) is 16.1. The molecule has 4 unspecified atom stereocenters. The van der Waals surface area contributed by atoms with Gasteiger partial charge < -0.3 is 10.3 Å². The van der Waals surface area contributed by atoms with Gasteiger partial charge in [0.15, 0.2) is 0 Å². The lowest BCUT2D eigenvalue weighted by Gasteiger charge is -2.34. The standard InChI is InChI=1S/C20H26N6/c1-26-12-14(10-23-26)20(17-11-21-18-5-3-2-4-16(17)18)24-15-7-6-13-9-22-25-19(13)8-15/h2-5,10-13,15,19-22,24-25H,6-9H2,1H3. The number of nitrogens with one attached hydrogen (secondary N) is 4. The minimum atomic E-state index is 0.149. The van der Waals surface area contributed by atoms with Crippen LogP contribution in [0, 0.1) is 5.92 Å². The number of para-hydroxylation sites is 1. The van der Waals surface area contributed by atoms with Crippen molar-refractivity contribution in [1.29, 1.82) is 0 Å². The van der Waals surface area contributed by atoms with E-state index in [4.69, 9.17) is 0 Å². The van der Waals surface area contributed by atoms with Crippen LogP contribution in [0.5, 0.6) is 0 Å². The highest BCUT2D eigenvalue weighted by molar-refractivity contribution is 5.84. The van der Waals surface area contributed by atoms with E-state index in [0.29, 0.717) is 12.1 Å². The van der Waals surface area contributed by atoms with Crippen molar-refractivity contribution in [2.75, 3.05) is 6.54 Å². The maximum absolute atomic E-state index is 4.42. The lowest BCUT2D eigenvalue weighted by molar-refractivity contribution is 0.263. The molecule has 1 aliphatic heterocycles. The Labute approximate surface area is 153 Å². The van der Waals surface area contributed by atoms with E-state index in [-0.39, 0.29) is 6.04 Å². The van der Waals surface area contributed by atoms with Crippen LogP contribution in [0.4, 0.5) is 0 Å². The predicted octanol–water partition coefficient (Wildman–Crippen LogP) is 2.23. The van der Waals surface area contributed by atoms with Crippen molar-refractivity contribution < 1.29 is 0 Å². The van der Waals surface area contributed by atoms with Crippen LogP contribution in [0.2, 0.25) is 0 Å². The third kappa shape index (κ3) is 2.84. The summed E-state index contributed by atoms with van der Waals surface area (Å²) in [5.74, 6) is 0.776. The van der Waals surface area contributed by atoms with Crippen LogP contribution < -0.4 is 16.2 Å². The zero-order valence-corrected chi connectivity index (χ0v) is 15.1. The van der Waals surface area contributed by atoms with Crippen molar-refractivity contribution in [3.05, 3.63) is 54.0 Å². The third-order valence-electron chi connectivity index (χ3n) is 6.04. The van der Waals surface area contributed by atoms with E-state index >= 15 is 0 Å². The SMILES string of the molecule is Cn1cc(C(NC2CCC3CNNC3C2)c2c[nH]c3ccccc23)cn1. The summed E-state index contributed by atoms with van der Waals surface area (Å²) in [5.41, 5.74) is 10.5. The summed E-state index contributed by atoms with van der Waals surface area (Å²) in [6.07, 6.45) is 9.92. The fraction of sp³-hybridized carbons (Fsp3) is 0.450.